The summed E-state index contributed by atoms with van der Waals surface area (Å²) in [6, 6.07) is 7.83. The van der Waals surface area contributed by atoms with Gasteiger partial charge in [0.25, 0.3) is 0 Å². The maximum absolute atomic E-state index is 12.3. The molecule has 0 saturated heterocycles. The first-order valence-corrected chi connectivity index (χ1v) is 8.65. The molecule has 7 nitrogen and oxygen atoms in total. The topological polar surface area (TPSA) is 77.6 Å². The summed E-state index contributed by atoms with van der Waals surface area (Å²) in [5.74, 6) is 0.333. The Morgan fingerprint density at radius 2 is 2.16 bits per heavy atom. The molecule has 0 saturated carbocycles. The summed E-state index contributed by atoms with van der Waals surface area (Å²) in [5.41, 5.74) is 2.66. The van der Waals surface area contributed by atoms with Crippen LogP contribution < -0.4 is 5.32 Å². The lowest BCUT2D eigenvalue weighted by Crippen LogP contribution is -2.20. The Bertz CT molecular complexity index is 1050. The summed E-state index contributed by atoms with van der Waals surface area (Å²) in [6.07, 6.45) is 3.53. The van der Waals surface area contributed by atoms with Gasteiger partial charge in [0.15, 0.2) is 11.5 Å². The van der Waals surface area contributed by atoms with E-state index in [0.717, 1.165) is 21.5 Å². The fourth-order valence-corrected chi connectivity index (χ4v) is 3.59. The zero-order valence-electron chi connectivity index (χ0n) is 13.8. The van der Waals surface area contributed by atoms with Crippen molar-refractivity contribution in [1.29, 1.82) is 0 Å². The predicted octanol–water partition coefficient (Wildman–Crippen LogP) is 2.84. The summed E-state index contributed by atoms with van der Waals surface area (Å²) in [7, 11) is 1.80. The molecule has 126 valence electrons. The van der Waals surface area contributed by atoms with Crippen LogP contribution in [0.3, 0.4) is 0 Å². The van der Waals surface area contributed by atoms with Gasteiger partial charge < -0.3 is 5.32 Å². The first kappa shape index (κ1) is 15.5. The van der Waals surface area contributed by atoms with Crippen molar-refractivity contribution >= 4 is 34.1 Å². The first-order chi connectivity index (χ1) is 12.1. The Morgan fingerprint density at radius 3 is 2.88 bits per heavy atom. The number of hydrogen-bond donors (Lipinski definition) is 1. The van der Waals surface area contributed by atoms with Gasteiger partial charge in [0.05, 0.1) is 11.1 Å². The van der Waals surface area contributed by atoms with Crippen molar-refractivity contribution in [1.82, 2.24) is 24.5 Å². The van der Waals surface area contributed by atoms with Gasteiger partial charge in [-0.2, -0.15) is 10.2 Å². The van der Waals surface area contributed by atoms with Crippen molar-refractivity contribution in [3.63, 3.8) is 0 Å². The lowest BCUT2D eigenvalue weighted by atomic mass is 10.1. The number of pyridine rings is 1. The SMILES string of the molecule is Cc1nn(CC(=O)Nc2ccn(C)n2)c2nccc(-c3cccs3)c12. The number of aryl methyl sites for hydroxylation is 2. The third-order valence-corrected chi connectivity index (χ3v) is 4.77. The van der Waals surface area contributed by atoms with Gasteiger partial charge in [0.2, 0.25) is 5.91 Å². The lowest BCUT2D eigenvalue weighted by molar-refractivity contribution is -0.116. The quantitative estimate of drug-likeness (QED) is 0.613. The van der Waals surface area contributed by atoms with E-state index in [1.165, 1.54) is 0 Å². The number of carbonyl (C=O) groups is 1. The second kappa shape index (κ2) is 6.14. The molecule has 0 radical (unpaired) electrons. The molecule has 25 heavy (non-hydrogen) atoms. The van der Waals surface area contributed by atoms with Gasteiger partial charge in [0.1, 0.15) is 6.54 Å². The Labute approximate surface area is 147 Å². The minimum atomic E-state index is -0.188. The molecule has 0 aliphatic heterocycles. The third-order valence-electron chi connectivity index (χ3n) is 3.87. The van der Waals surface area contributed by atoms with Crippen LogP contribution in [-0.2, 0) is 18.4 Å². The van der Waals surface area contributed by atoms with Crippen molar-refractivity contribution in [2.24, 2.45) is 7.05 Å². The highest BCUT2D eigenvalue weighted by atomic mass is 32.1. The highest BCUT2D eigenvalue weighted by molar-refractivity contribution is 7.13. The number of nitrogens with zero attached hydrogens (tertiary/aromatic N) is 5. The second-order valence-corrected chi connectivity index (χ2v) is 6.65. The zero-order chi connectivity index (χ0) is 17.4. The summed E-state index contributed by atoms with van der Waals surface area (Å²) in [4.78, 5) is 17.9. The van der Waals surface area contributed by atoms with E-state index < -0.39 is 0 Å². The van der Waals surface area contributed by atoms with E-state index in [1.807, 2.05) is 24.4 Å². The summed E-state index contributed by atoms with van der Waals surface area (Å²) in [6.45, 7) is 2.02. The van der Waals surface area contributed by atoms with Gasteiger partial charge in [-0.1, -0.05) is 6.07 Å². The molecule has 0 aliphatic carbocycles. The van der Waals surface area contributed by atoms with E-state index in [9.17, 15) is 4.79 Å². The molecule has 0 aliphatic rings. The lowest BCUT2D eigenvalue weighted by Gasteiger charge is -2.04. The number of aromatic nitrogens is 5. The molecule has 4 aromatic rings. The molecule has 0 fully saturated rings. The van der Waals surface area contributed by atoms with Gasteiger partial charge in [0, 0.05) is 35.9 Å². The van der Waals surface area contributed by atoms with Gasteiger partial charge in [-0.25, -0.2) is 9.67 Å². The fraction of sp³-hybridized carbons (Fsp3) is 0.176. The van der Waals surface area contributed by atoms with E-state index in [4.69, 9.17) is 0 Å². The van der Waals surface area contributed by atoms with Gasteiger partial charge >= 0.3 is 0 Å². The standard InChI is InChI=1S/C17H16N6OS/c1-11-16-12(13-4-3-9-25-13)5-7-18-17(16)23(20-11)10-15(24)19-14-6-8-22(2)21-14/h3-9H,10H2,1-2H3,(H,19,21,24). The molecule has 0 spiro atoms. The Kier molecular flexibility index (Phi) is 3.81. The van der Waals surface area contributed by atoms with Gasteiger partial charge in [-0.15, -0.1) is 11.3 Å². The van der Waals surface area contributed by atoms with Crippen molar-refractivity contribution in [3.05, 3.63) is 47.7 Å². The van der Waals surface area contributed by atoms with E-state index in [-0.39, 0.29) is 12.5 Å². The number of amides is 1. The average Bonchev–Trinajstić information content (AvgIpc) is 3.30. The maximum Gasteiger partial charge on any atom is 0.247 e. The molecule has 4 rings (SSSR count). The molecule has 1 amide bonds. The first-order valence-electron chi connectivity index (χ1n) is 7.77. The van der Waals surface area contributed by atoms with E-state index in [0.29, 0.717) is 11.5 Å². The van der Waals surface area contributed by atoms with E-state index in [1.54, 1.807) is 46.2 Å². The van der Waals surface area contributed by atoms with Crippen molar-refractivity contribution in [2.75, 3.05) is 5.32 Å². The molecular weight excluding hydrogens is 336 g/mol. The minimum Gasteiger partial charge on any atom is -0.308 e. The predicted molar refractivity (Wildman–Crippen MR) is 97.4 cm³/mol. The summed E-state index contributed by atoms with van der Waals surface area (Å²) in [5, 5.41) is 14.5. The van der Waals surface area contributed by atoms with Gasteiger partial charge in [-0.05, 0) is 24.4 Å². The third kappa shape index (κ3) is 2.91. The summed E-state index contributed by atoms with van der Waals surface area (Å²) < 4.78 is 3.28. The number of hydrogen-bond acceptors (Lipinski definition) is 5. The minimum absolute atomic E-state index is 0.0851. The van der Waals surface area contributed by atoms with E-state index in [2.05, 4.69) is 26.6 Å². The normalized spacial score (nSPS) is 11.1. The van der Waals surface area contributed by atoms with Crippen LogP contribution in [0.2, 0.25) is 0 Å². The number of rotatable bonds is 4. The van der Waals surface area contributed by atoms with Crippen LogP contribution in [-0.4, -0.2) is 30.5 Å². The highest BCUT2D eigenvalue weighted by Crippen LogP contribution is 2.32. The van der Waals surface area contributed by atoms with Gasteiger partial charge in [-0.3, -0.25) is 9.48 Å². The molecule has 4 aromatic heterocycles. The van der Waals surface area contributed by atoms with Crippen LogP contribution in [0.1, 0.15) is 5.69 Å². The molecule has 0 bridgehead atoms. The smallest absolute Gasteiger partial charge is 0.247 e. The molecular formula is C17H16N6OS. The number of anilines is 1. The number of fused-ring (bicyclic) bond motifs is 1. The largest absolute Gasteiger partial charge is 0.308 e. The number of thiophene rings is 1. The molecule has 1 N–H and O–H groups in total. The molecule has 0 aromatic carbocycles. The number of nitrogens with one attached hydrogen (secondary N) is 1. The molecule has 8 heteroatoms. The average molecular weight is 352 g/mol. The highest BCUT2D eigenvalue weighted by Gasteiger charge is 2.16. The monoisotopic (exact) mass is 352 g/mol. The second-order valence-electron chi connectivity index (χ2n) is 5.70. The van der Waals surface area contributed by atoms with Crippen LogP contribution in [0.15, 0.2) is 42.0 Å². The van der Waals surface area contributed by atoms with Crippen LogP contribution in [0, 0.1) is 6.92 Å². The fourth-order valence-electron chi connectivity index (χ4n) is 2.83. The van der Waals surface area contributed by atoms with Crippen molar-refractivity contribution in [3.8, 4) is 10.4 Å². The molecule has 4 heterocycles. The Hall–Kier alpha value is -3.00. The van der Waals surface area contributed by atoms with Crippen LogP contribution in [0.4, 0.5) is 5.82 Å². The van der Waals surface area contributed by atoms with Crippen LogP contribution >= 0.6 is 11.3 Å². The van der Waals surface area contributed by atoms with E-state index >= 15 is 0 Å². The zero-order valence-corrected chi connectivity index (χ0v) is 14.6. The van der Waals surface area contributed by atoms with Crippen molar-refractivity contribution in [2.45, 2.75) is 13.5 Å². The number of carbonyl (C=O) groups excluding carboxylic acids is 1. The maximum atomic E-state index is 12.3. The van der Waals surface area contributed by atoms with Crippen molar-refractivity contribution < 1.29 is 4.79 Å². The Morgan fingerprint density at radius 1 is 1.28 bits per heavy atom. The molecule has 0 unspecified atom stereocenters. The summed E-state index contributed by atoms with van der Waals surface area (Å²) >= 11 is 1.67. The van der Waals surface area contributed by atoms with Crippen LogP contribution in [0.5, 0.6) is 0 Å². The Balaban J connectivity index is 1.67. The molecule has 0 atom stereocenters. The van der Waals surface area contributed by atoms with Crippen LogP contribution in [0.25, 0.3) is 21.5 Å².